The van der Waals surface area contributed by atoms with Crippen LogP contribution in [0.4, 0.5) is 8.78 Å². The SMILES string of the molecule is O=C1C[C@@H]2NCC[C@@H]2N1Cc1ccc(OC(F)F)cc1. The number of benzene rings is 1. The van der Waals surface area contributed by atoms with Crippen LogP contribution in [-0.4, -0.2) is 36.0 Å². The van der Waals surface area contributed by atoms with Crippen molar-refractivity contribution >= 4 is 5.91 Å². The van der Waals surface area contributed by atoms with Crippen LogP contribution in [-0.2, 0) is 11.3 Å². The fourth-order valence-electron chi connectivity index (χ4n) is 3.00. The van der Waals surface area contributed by atoms with Gasteiger partial charge in [0.15, 0.2) is 0 Å². The molecule has 0 bridgehead atoms. The molecule has 20 heavy (non-hydrogen) atoms. The van der Waals surface area contributed by atoms with Gasteiger partial charge in [-0.15, -0.1) is 0 Å². The largest absolute Gasteiger partial charge is 0.435 e. The lowest BCUT2D eigenvalue weighted by Crippen LogP contribution is -2.35. The minimum absolute atomic E-state index is 0.136. The summed E-state index contributed by atoms with van der Waals surface area (Å²) in [5.41, 5.74) is 0.924. The second-order valence-corrected chi connectivity index (χ2v) is 5.16. The van der Waals surface area contributed by atoms with Crippen molar-refractivity contribution in [1.29, 1.82) is 0 Å². The molecule has 1 amide bonds. The average Bonchev–Trinajstić information content (AvgIpc) is 2.94. The molecule has 1 aromatic carbocycles. The third-order valence-electron chi connectivity index (χ3n) is 3.93. The maximum atomic E-state index is 12.1. The van der Waals surface area contributed by atoms with Gasteiger partial charge in [-0.05, 0) is 30.7 Å². The number of alkyl halides is 2. The molecule has 2 heterocycles. The molecule has 0 unspecified atom stereocenters. The molecule has 2 aliphatic rings. The second kappa shape index (κ2) is 5.36. The minimum atomic E-state index is -2.81. The summed E-state index contributed by atoms with van der Waals surface area (Å²) in [5, 5.41) is 3.33. The lowest BCUT2D eigenvalue weighted by molar-refractivity contribution is -0.129. The number of halogens is 2. The third kappa shape index (κ3) is 2.60. The molecule has 0 spiro atoms. The van der Waals surface area contributed by atoms with Crippen LogP contribution >= 0.6 is 0 Å². The van der Waals surface area contributed by atoms with Crippen LogP contribution in [0, 0.1) is 0 Å². The normalized spacial score (nSPS) is 25.4. The summed E-state index contributed by atoms with van der Waals surface area (Å²) in [6.45, 7) is -1.34. The monoisotopic (exact) mass is 282 g/mol. The summed E-state index contributed by atoms with van der Waals surface area (Å²) < 4.78 is 28.4. The van der Waals surface area contributed by atoms with Crippen LogP contribution in [0.15, 0.2) is 24.3 Å². The molecule has 2 fully saturated rings. The van der Waals surface area contributed by atoms with Crippen molar-refractivity contribution in [2.45, 2.75) is 38.1 Å². The van der Waals surface area contributed by atoms with E-state index >= 15 is 0 Å². The number of nitrogens with zero attached hydrogens (tertiary/aromatic N) is 1. The fraction of sp³-hybridized carbons (Fsp3) is 0.500. The van der Waals surface area contributed by atoms with Gasteiger partial charge in [-0.1, -0.05) is 12.1 Å². The highest BCUT2D eigenvalue weighted by Crippen LogP contribution is 2.28. The summed E-state index contributed by atoms with van der Waals surface area (Å²) in [4.78, 5) is 13.8. The molecule has 108 valence electrons. The van der Waals surface area contributed by atoms with E-state index in [0.717, 1.165) is 18.5 Å². The summed E-state index contributed by atoms with van der Waals surface area (Å²) in [6.07, 6.45) is 1.53. The maximum absolute atomic E-state index is 12.1. The number of amides is 1. The number of carbonyl (C=O) groups excluding carboxylic acids is 1. The lowest BCUT2D eigenvalue weighted by Gasteiger charge is -2.23. The molecule has 6 heteroatoms. The second-order valence-electron chi connectivity index (χ2n) is 5.16. The number of ether oxygens (including phenoxy) is 1. The topological polar surface area (TPSA) is 41.6 Å². The van der Waals surface area contributed by atoms with E-state index in [1.54, 1.807) is 12.1 Å². The van der Waals surface area contributed by atoms with E-state index in [0.29, 0.717) is 13.0 Å². The van der Waals surface area contributed by atoms with E-state index in [1.807, 2.05) is 4.90 Å². The first-order valence-electron chi connectivity index (χ1n) is 6.70. The van der Waals surface area contributed by atoms with Gasteiger partial charge in [0.25, 0.3) is 0 Å². The van der Waals surface area contributed by atoms with Crippen LogP contribution < -0.4 is 10.1 Å². The first kappa shape index (κ1) is 13.3. The average molecular weight is 282 g/mol. The van der Waals surface area contributed by atoms with Crippen LogP contribution in [0.25, 0.3) is 0 Å². The molecule has 2 aliphatic heterocycles. The summed E-state index contributed by atoms with van der Waals surface area (Å²) in [5.74, 6) is 0.289. The smallest absolute Gasteiger partial charge is 0.387 e. The molecule has 0 aromatic heterocycles. The lowest BCUT2D eigenvalue weighted by atomic mass is 10.1. The summed E-state index contributed by atoms with van der Waals surface area (Å²) >= 11 is 0. The fourth-order valence-corrected chi connectivity index (χ4v) is 3.00. The first-order chi connectivity index (χ1) is 9.63. The molecule has 2 atom stereocenters. The van der Waals surface area contributed by atoms with Gasteiger partial charge in [0, 0.05) is 25.0 Å². The van der Waals surface area contributed by atoms with Gasteiger partial charge >= 0.3 is 6.61 Å². The Morgan fingerprint density at radius 1 is 1.35 bits per heavy atom. The molecule has 2 saturated heterocycles. The van der Waals surface area contributed by atoms with Crippen molar-refractivity contribution in [2.75, 3.05) is 6.54 Å². The van der Waals surface area contributed by atoms with Crippen molar-refractivity contribution in [1.82, 2.24) is 10.2 Å². The van der Waals surface area contributed by atoms with Crippen molar-refractivity contribution < 1.29 is 18.3 Å². The third-order valence-corrected chi connectivity index (χ3v) is 3.93. The Hall–Kier alpha value is -1.69. The van der Waals surface area contributed by atoms with Crippen molar-refractivity contribution in [3.05, 3.63) is 29.8 Å². The highest BCUT2D eigenvalue weighted by Gasteiger charge is 2.42. The minimum Gasteiger partial charge on any atom is -0.435 e. The number of nitrogens with one attached hydrogen (secondary N) is 1. The quantitative estimate of drug-likeness (QED) is 0.915. The zero-order valence-electron chi connectivity index (χ0n) is 10.9. The van der Waals surface area contributed by atoms with E-state index < -0.39 is 6.61 Å². The Balaban J connectivity index is 1.66. The zero-order chi connectivity index (χ0) is 14.1. The number of carbonyl (C=O) groups is 1. The van der Waals surface area contributed by atoms with Crippen LogP contribution in [0.5, 0.6) is 5.75 Å². The molecule has 1 N–H and O–H groups in total. The van der Waals surface area contributed by atoms with Crippen molar-refractivity contribution in [3.63, 3.8) is 0 Å². The highest BCUT2D eigenvalue weighted by atomic mass is 19.3. The molecular formula is C14H16F2N2O2. The number of hydrogen-bond donors (Lipinski definition) is 1. The molecular weight excluding hydrogens is 266 g/mol. The van der Waals surface area contributed by atoms with E-state index in [-0.39, 0.29) is 23.7 Å². The molecule has 3 rings (SSSR count). The number of fused-ring (bicyclic) bond motifs is 1. The van der Waals surface area contributed by atoms with Gasteiger partial charge in [-0.2, -0.15) is 8.78 Å². The first-order valence-corrected chi connectivity index (χ1v) is 6.70. The Bertz CT molecular complexity index is 492. The van der Waals surface area contributed by atoms with Crippen LogP contribution in [0.2, 0.25) is 0 Å². The molecule has 0 saturated carbocycles. The Labute approximate surface area is 115 Å². The van der Waals surface area contributed by atoms with Gasteiger partial charge in [0.1, 0.15) is 5.75 Å². The Morgan fingerprint density at radius 2 is 2.10 bits per heavy atom. The summed E-state index contributed by atoms with van der Waals surface area (Å²) in [7, 11) is 0. The zero-order valence-corrected chi connectivity index (χ0v) is 10.9. The van der Waals surface area contributed by atoms with E-state index in [9.17, 15) is 13.6 Å². The van der Waals surface area contributed by atoms with Gasteiger partial charge in [-0.3, -0.25) is 4.79 Å². The molecule has 1 aromatic rings. The highest BCUT2D eigenvalue weighted by molar-refractivity contribution is 5.80. The van der Waals surface area contributed by atoms with Gasteiger partial charge in [0.2, 0.25) is 5.91 Å². The number of hydrogen-bond acceptors (Lipinski definition) is 3. The maximum Gasteiger partial charge on any atom is 0.387 e. The standard InChI is InChI=1S/C14H16F2N2O2/c15-14(16)20-10-3-1-9(2-4-10)8-18-12-5-6-17-11(12)7-13(18)19/h1-4,11-12,14,17H,5-8H2/t11-,12-/m0/s1. The van der Waals surface area contributed by atoms with Crippen LogP contribution in [0.1, 0.15) is 18.4 Å². The van der Waals surface area contributed by atoms with E-state index in [1.165, 1.54) is 12.1 Å². The molecule has 4 nitrogen and oxygen atoms in total. The van der Waals surface area contributed by atoms with E-state index in [4.69, 9.17) is 0 Å². The predicted octanol–water partition coefficient (Wildman–Crippen LogP) is 1.75. The Kier molecular flexibility index (Phi) is 3.56. The molecule has 0 aliphatic carbocycles. The van der Waals surface area contributed by atoms with Gasteiger partial charge < -0.3 is 15.0 Å². The van der Waals surface area contributed by atoms with Crippen molar-refractivity contribution in [2.24, 2.45) is 0 Å². The van der Waals surface area contributed by atoms with Crippen molar-refractivity contribution in [3.8, 4) is 5.75 Å². The predicted molar refractivity (Wildman–Crippen MR) is 68.4 cm³/mol. The van der Waals surface area contributed by atoms with E-state index in [2.05, 4.69) is 10.1 Å². The summed E-state index contributed by atoms with van der Waals surface area (Å²) in [6, 6.07) is 6.99. The number of likely N-dealkylation sites (tertiary alicyclic amines) is 1. The number of rotatable bonds is 4. The van der Waals surface area contributed by atoms with Crippen LogP contribution in [0.3, 0.4) is 0 Å². The Morgan fingerprint density at radius 3 is 2.80 bits per heavy atom. The molecule has 0 radical (unpaired) electrons. The van der Waals surface area contributed by atoms with Gasteiger partial charge in [-0.25, -0.2) is 0 Å². The van der Waals surface area contributed by atoms with Gasteiger partial charge in [0.05, 0.1) is 0 Å².